The molecule has 1 aromatic rings. The summed E-state index contributed by atoms with van der Waals surface area (Å²) in [4.78, 5) is 2.43. The minimum Gasteiger partial charge on any atom is -0.491 e. The summed E-state index contributed by atoms with van der Waals surface area (Å²) in [7, 11) is 2.21. The standard InChI is InChI=1S/C17H26N2O2.ClH/c1-19(15-8-9-18-11-15)12-14-4-6-16(7-5-14)21-13-17-3-2-10-20-17;/h4-7,15,17-18H,2-3,8-13H2,1H3;1H. The van der Waals surface area contributed by atoms with E-state index in [1.54, 1.807) is 0 Å². The van der Waals surface area contributed by atoms with Gasteiger partial charge in [-0.3, -0.25) is 4.90 Å². The number of nitrogens with one attached hydrogen (secondary N) is 1. The second-order valence-corrected chi connectivity index (χ2v) is 6.15. The van der Waals surface area contributed by atoms with E-state index in [1.165, 1.54) is 12.0 Å². The summed E-state index contributed by atoms with van der Waals surface area (Å²) in [5.74, 6) is 0.944. The Kier molecular flexibility index (Phi) is 6.96. The molecule has 1 N–H and O–H groups in total. The minimum atomic E-state index is 0. The van der Waals surface area contributed by atoms with Crippen LogP contribution in [0.4, 0.5) is 0 Å². The predicted molar refractivity (Wildman–Crippen MR) is 90.9 cm³/mol. The van der Waals surface area contributed by atoms with Crippen LogP contribution < -0.4 is 10.1 Å². The zero-order valence-electron chi connectivity index (χ0n) is 13.3. The van der Waals surface area contributed by atoms with E-state index in [1.807, 2.05) is 0 Å². The zero-order chi connectivity index (χ0) is 14.5. The molecule has 0 saturated carbocycles. The molecule has 2 saturated heterocycles. The quantitative estimate of drug-likeness (QED) is 0.870. The normalized spacial score (nSPS) is 24.5. The van der Waals surface area contributed by atoms with Gasteiger partial charge in [0.25, 0.3) is 0 Å². The van der Waals surface area contributed by atoms with Crippen molar-refractivity contribution in [2.45, 2.75) is 38.0 Å². The number of benzene rings is 1. The predicted octanol–water partition coefficient (Wildman–Crippen LogP) is 2.46. The van der Waals surface area contributed by atoms with Crippen molar-refractivity contribution in [1.29, 1.82) is 0 Å². The van der Waals surface area contributed by atoms with Gasteiger partial charge in [0.2, 0.25) is 0 Å². The number of nitrogens with zero attached hydrogens (tertiary/aromatic N) is 1. The number of hydrogen-bond donors (Lipinski definition) is 1. The minimum absolute atomic E-state index is 0. The second-order valence-electron chi connectivity index (χ2n) is 6.15. The van der Waals surface area contributed by atoms with Gasteiger partial charge in [-0.05, 0) is 50.6 Å². The topological polar surface area (TPSA) is 33.7 Å². The molecule has 1 aromatic carbocycles. The van der Waals surface area contributed by atoms with Crippen LogP contribution in [0.15, 0.2) is 24.3 Å². The zero-order valence-corrected chi connectivity index (χ0v) is 14.1. The van der Waals surface area contributed by atoms with Gasteiger partial charge in [0.15, 0.2) is 0 Å². The van der Waals surface area contributed by atoms with Crippen LogP contribution >= 0.6 is 12.4 Å². The number of hydrogen-bond acceptors (Lipinski definition) is 4. The van der Waals surface area contributed by atoms with E-state index in [-0.39, 0.29) is 18.5 Å². The molecule has 2 aliphatic heterocycles. The van der Waals surface area contributed by atoms with E-state index < -0.39 is 0 Å². The lowest BCUT2D eigenvalue weighted by Gasteiger charge is -2.23. The SMILES string of the molecule is CN(Cc1ccc(OCC2CCCO2)cc1)C1CCNC1.Cl. The third kappa shape index (κ3) is 4.85. The number of rotatable bonds is 6. The largest absolute Gasteiger partial charge is 0.491 e. The Labute approximate surface area is 139 Å². The molecule has 124 valence electrons. The van der Waals surface area contributed by atoms with Crippen LogP contribution in [0.5, 0.6) is 5.75 Å². The van der Waals surface area contributed by atoms with Crippen molar-refractivity contribution in [2.75, 3.05) is 33.4 Å². The molecule has 2 heterocycles. The van der Waals surface area contributed by atoms with E-state index in [4.69, 9.17) is 9.47 Å². The second kappa shape index (κ2) is 8.73. The van der Waals surface area contributed by atoms with Crippen molar-refractivity contribution < 1.29 is 9.47 Å². The van der Waals surface area contributed by atoms with E-state index in [9.17, 15) is 0 Å². The third-order valence-corrected chi connectivity index (χ3v) is 4.47. The van der Waals surface area contributed by atoms with Crippen molar-refractivity contribution >= 4 is 12.4 Å². The molecular formula is C17H27ClN2O2. The van der Waals surface area contributed by atoms with Gasteiger partial charge in [0.05, 0.1) is 6.10 Å². The van der Waals surface area contributed by atoms with Crippen LogP contribution in [-0.2, 0) is 11.3 Å². The third-order valence-electron chi connectivity index (χ3n) is 4.47. The van der Waals surface area contributed by atoms with E-state index in [0.29, 0.717) is 12.6 Å². The first kappa shape index (κ1) is 17.5. The molecule has 0 aliphatic carbocycles. The van der Waals surface area contributed by atoms with Crippen molar-refractivity contribution in [3.8, 4) is 5.75 Å². The molecule has 4 nitrogen and oxygen atoms in total. The summed E-state index contributed by atoms with van der Waals surface area (Å²) in [5, 5.41) is 3.42. The molecular weight excluding hydrogens is 300 g/mol. The summed E-state index contributed by atoms with van der Waals surface area (Å²) < 4.78 is 11.4. The van der Waals surface area contributed by atoms with Crippen molar-refractivity contribution in [1.82, 2.24) is 10.2 Å². The molecule has 0 radical (unpaired) electrons. The van der Waals surface area contributed by atoms with Crippen LogP contribution in [0.3, 0.4) is 0 Å². The summed E-state index contributed by atoms with van der Waals surface area (Å²) in [6.07, 6.45) is 3.82. The lowest BCUT2D eigenvalue weighted by molar-refractivity contribution is 0.0679. The fraction of sp³-hybridized carbons (Fsp3) is 0.647. The maximum Gasteiger partial charge on any atom is 0.119 e. The van der Waals surface area contributed by atoms with Gasteiger partial charge in [-0.2, -0.15) is 0 Å². The maximum atomic E-state index is 5.80. The Hall–Kier alpha value is -0.810. The Morgan fingerprint density at radius 2 is 2.09 bits per heavy atom. The van der Waals surface area contributed by atoms with Crippen LogP contribution in [0.2, 0.25) is 0 Å². The van der Waals surface area contributed by atoms with Gasteiger partial charge in [-0.1, -0.05) is 12.1 Å². The van der Waals surface area contributed by atoms with Crippen LogP contribution in [-0.4, -0.2) is 50.4 Å². The Bertz CT molecular complexity index is 429. The molecule has 0 bridgehead atoms. The van der Waals surface area contributed by atoms with E-state index in [0.717, 1.165) is 44.8 Å². The molecule has 0 spiro atoms. The lowest BCUT2D eigenvalue weighted by Crippen LogP contribution is -2.32. The first-order valence-corrected chi connectivity index (χ1v) is 8.05. The highest BCUT2D eigenvalue weighted by Crippen LogP contribution is 2.18. The monoisotopic (exact) mass is 326 g/mol. The molecule has 5 heteroatoms. The van der Waals surface area contributed by atoms with Gasteiger partial charge in [-0.25, -0.2) is 0 Å². The average Bonchev–Trinajstić information content (AvgIpc) is 3.20. The maximum absolute atomic E-state index is 5.80. The fourth-order valence-corrected chi connectivity index (χ4v) is 3.09. The first-order valence-electron chi connectivity index (χ1n) is 8.05. The number of halogens is 1. The van der Waals surface area contributed by atoms with Gasteiger partial charge in [0, 0.05) is 25.7 Å². The van der Waals surface area contributed by atoms with Crippen LogP contribution in [0.25, 0.3) is 0 Å². The number of ether oxygens (including phenoxy) is 2. The van der Waals surface area contributed by atoms with Gasteiger partial charge in [-0.15, -0.1) is 12.4 Å². The molecule has 0 aromatic heterocycles. The summed E-state index contributed by atoms with van der Waals surface area (Å²) >= 11 is 0. The molecule has 2 unspecified atom stereocenters. The summed E-state index contributed by atoms with van der Waals surface area (Å²) in [5.41, 5.74) is 1.34. The van der Waals surface area contributed by atoms with Crippen LogP contribution in [0, 0.1) is 0 Å². The lowest BCUT2D eigenvalue weighted by atomic mass is 10.1. The van der Waals surface area contributed by atoms with Crippen LogP contribution in [0.1, 0.15) is 24.8 Å². The Morgan fingerprint density at radius 1 is 1.27 bits per heavy atom. The molecule has 2 aliphatic rings. The van der Waals surface area contributed by atoms with Gasteiger partial charge < -0.3 is 14.8 Å². The van der Waals surface area contributed by atoms with Gasteiger partial charge in [0.1, 0.15) is 12.4 Å². The first-order chi connectivity index (χ1) is 10.3. The van der Waals surface area contributed by atoms with Gasteiger partial charge >= 0.3 is 0 Å². The Balaban J connectivity index is 0.00000176. The molecule has 0 amide bonds. The summed E-state index contributed by atoms with van der Waals surface area (Å²) in [6.45, 7) is 4.81. The Morgan fingerprint density at radius 3 is 2.73 bits per heavy atom. The fourth-order valence-electron chi connectivity index (χ4n) is 3.09. The van der Waals surface area contributed by atoms with Crippen molar-refractivity contribution in [3.05, 3.63) is 29.8 Å². The molecule has 2 atom stereocenters. The molecule has 3 rings (SSSR count). The highest BCUT2D eigenvalue weighted by Gasteiger charge is 2.19. The van der Waals surface area contributed by atoms with Crippen molar-refractivity contribution in [3.63, 3.8) is 0 Å². The van der Waals surface area contributed by atoms with E-state index in [2.05, 4.69) is 41.5 Å². The molecule has 2 fully saturated rings. The molecule has 22 heavy (non-hydrogen) atoms. The highest BCUT2D eigenvalue weighted by atomic mass is 35.5. The number of likely N-dealkylation sites (N-methyl/N-ethyl adjacent to an activating group) is 1. The average molecular weight is 327 g/mol. The smallest absolute Gasteiger partial charge is 0.119 e. The summed E-state index contributed by atoms with van der Waals surface area (Å²) in [6, 6.07) is 9.16. The van der Waals surface area contributed by atoms with Crippen molar-refractivity contribution in [2.24, 2.45) is 0 Å². The van der Waals surface area contributed by atoms with E-state index >= 15 is 0 Å². The highest BCUT2D eigenvalue weighted by molar-refractivity contribution is 5.85.